The number of halogens is 1. The largest absolute Gasteiger partial charge is 0.493 e. The normalized spacial score (nSPS) is 11.0. The summed E-state index contributed by atoms with van der Waals surface area (Å²) < 4.78 is 11.4. The van der Waals surface area contributed by atoms with Gasteiger partial charge >= 0.3 is 0 Å². The number of hydrogen-bond donors (Lipinski definition) is 3. The molecule has 0 aliphatic heterocycles. The average Bonchev–Trinajstić information content (AvgIpc) is 2.69. The zero-order chi connectivity index (χ0) is 19.6. The van der Waals surface area contributed by atoms with Crippen molar-refractivity contribution in [3.05, 3.63) is 58.1 Å². The van der Waals surface area contributed by atoms with E-state index < -0.39 is 0 Å². The van der Waals surface area contributed by atoms with Gasteiger partial charge in [0.15, 0.2) is 17.5 Å². The fourth-order valence-electron chi connectivity index (χ4n) is 2.28. The van der Waals surface area contributed by atoms with Crippen LogP contribution in [0.15, 0.2) is 51.9 Å². The van der Waals surface area contributed by atoms with Gasteiger partial charge in [0.05, 0.1) is 20.8 Å². The lowest BCUT2D eigenvalue weighted by molar-refractivity contribution is 0.0954. The van der Waals surface area contributed by atoms with Crippen LogP contribution >= 0.6 is 15.9 Å². The zero-order valence-electron chi connectivity index (χ0n) is 15.3. The lowest BCUT2D eigenvalue weighted by atomic mass is 10.2. The summed E-state index contributed by atoms with van der Waals surface area (Å²) in [7, 11) is 3.18. The van der Waals surface area contributed by atoms with Gasteiger partial charge in [-0.1, -0.05) is 22.0 Å². The second-order valence-corrected chi connectivity index (χ2v) is 6.50. The highest BCUT2D eigenvalue weighted by molar-refractivity contribution is 9.10. The van der Waals surface area contributed by atoms with Crippen molar-refractivity contribution >= 4 is 27.8 Å². The van der Waals surface area contributed by atoms with Gasteiger partial charge in [-0.15, -0.1) is 0 Å². The number of nitrogens with two attached hydrogens (primary N) is 1. The molecule has 0 atom stereocenters. The monoisotopic (exact) mass is 434 g/mol. The van der Waals surface area contributed by atoms with E-state index in [-0.39, 0.29) is 5.91 Å². The summed E-state index contributed by atoms with van der Waals surface area (Å²) in [6, 6.07) is 12.7. The van der Waals surface area contributed by atoms with Crippen molar-refractivity contribution in [2.24, 2.45) is 10.7 Å². The number of guanidine groups is 1. The number of carbonyl (C=O) groups excluding carboxylic acids is 1. The molecule has 7 nitrogen and oxygen atoms in total. The van der Waals surface area contributed by atoms with Gasteiger partial charge in [-0.25, -0.2) is 4.99 Å². The maximum Gasteiger partial charge on any atom is 0.251 e. The molecule has 144 valence electrons. The van der Waals surface area contributed by atoms with Crippen molar-refractivity contribution in [2.75, 3.05) is 27.3 Å². The number of rotatable bonds is 8. The SMILES string of the molecule is COc1ccc(CN=C(N)NCCNC(=O)c2ccc(Br)cc2)cc1OC. The van der Waals surface area contributed by atoms with Gasteiger partial charge in [-0.3, -0.25) is 4.79 Å². The van der Waals surface area contributed by atoms with Crippen molar-refractivity contribution in [3.8, 4) is 11.5 Å². The summed E-state index contributed by atoms with van der Waals surface area (Å²) in [5.41, 5.74) is 7.41. The second-order valence-electron chi connectivity index (χ2n) is 5.58. The molecule has 2 aromatic carbocycles. The van der Waals surface area contributed by atoms with Crippen molar-refractivity contribution < 1.29 is 14.3 Å². The molecule has 0 bridgehead atoms. The van der Waals surface area contributed by atoms with Crippen LogP contribution in [0.2, 0.25) is 0 Å². The van der Waals surface area contributed by atoms with E-state index in [1.807, 2.05) is 30.3 Å². The van der Waals surface area contributed by atoms with E-state index in [2.05, 4.69) is 31.6 Å². The Balaban J connectivity index is 1.76. The van der Waals surface area contributed by atoms with Gasteiger partial charge < -0.3 is 25.8 Å². The van der Waals surface area contributed by atoms with E-state index in [1.165, 1.54) is 0 Å². The predicted molar refractivity (Wildman–Crippen MR) is 109 cm³/mol. The van der Waals surface area contributed by atoms with Crippen LogP contribution in [0.25, 0.3) is 0 Å². The van der Waals surface area contributed by atoms with Crippen LogP contribution in [-0.4, -0.2) is 39.2 Å². The molecule has 0 aromatic heterocycles. The lowest BCUT2D eigenvalue weighted by Crippen LogP contribution is -2.38. The molecule has 0 aliphatic rings. The summed E-state index contributed by atoms with van der Waals surface area (Å²) in [6.45, 7) is 1.31. The molecule has 0 spiro atoms. The highest BCUT2D eigenvalue weighted by Crippen LogP contribution is 2.27. The summed E-state index contributed by atoms with van der Waals surface area (Å²) in [5.74, 6) is 1.48. The van der Waals surface area contributed by atoms with Gasteiger partial charge in [0, 0.05) is 23.1 Å². The number of amides is 1. The number of hydrogen-bond acceptors (Lipinski definition) is 4. The Hall–Kier alpha value is -2.74. The number of nitrogens with zero attached hydrogens (tertiary/aromatic N) is 1. The van der Waals surface area contributed by atoms with Crippen molar-refractivity contribution in [1.82, 2.24) is 10.6 Å². The third-order valence-electron chi connectivity index (χ3n) is 3.70. The van der Waals surface area contributed by atoms with E-state index in [0.29, 0.717) is 42.7 Å². The molecule has 0 saturated carbocycles. The second kappa shape index (κ2) is 10.4. The number of ether oxygens (including phenoxy) is 2. The van der Waals surface area contributed by atoms with E-state index in [0.717, 1.165) is 10.0 Å². The Kier molecular flexibility index (Phi) is 7.94. The summed E-state index contributed by atoms with van der Waals surface area (Å²) >= 11 is 3.34. The number of nitrogens with one attached hydrogen (secondary N) is 2. The quantitative estimate of drug-likeness (QED) is 0.336. The number of carbonyl (C=O) groups is 1. The predicted octanol–water partition coefficient (Wildman–Crippen LogP) is 2.30. The van der Waals surface area contributed by atoms with Gasteiger partial charge in [0.2, 0.25) is 0 Å². The van der Waals surface area contributed by atoms with Crippen LogP contribution in [0.5, 0.6) is 11.5 Å². The third kappa shape index (κ3) is 6.49. The first kappa shape index (κ1) is 20.6. The van der Waals surface area contributed by atoms with E-state index >= 15 is 0 Å². The van der Waals surface area contributed by atoms with Crippen LogP contribution in [0.1, 0.15) is 15.9 Å². The molecular weight excluding hydrogens is 412 g/mol. The minimum absolute atomic E-state index is 0.134. The fraction of sp³-hybridized carbons (Fsp3) is 0.263. The Bertz CT molecular complexity index is 794. The van der Waals surface area contributed by atoms with Gasteiger partial charge in [0.1, 0.15) is 0 Å². The molecule has 2 rings (SSSR count). The molecule has 1 amide bonds. The highest BCUT2D eigenvalue weighted by Gasteiger charge is 2.05. The molecule has 0 aliphatic carbocycles. The molecule has 0 unspecified atom stereocenters. The first-order chi connectivity index (χ1) is 13.0. The molecule has 2 aromatic rings. The molecule has 0 fully saturated rings. The van der Waals surface area contributed by atoms with Crippen LogP contribution in [-0.2, 0) is 6.54 Å². The molecule has 4 N–H and O–H groups in total. The average molecular weight is 435 g/mol. The zero-order valence-corrected chi connectivity index (χ0v) is 16.9. The van der Waals surface area contributed by atoms with Gasteiger partial charge in [-0.05, 0) is 42.0 Å². The Morgan fingerprint density at radius 2 is 1.70 bits per heavy atom. The Morgan fingerprint density at radius 3 is 2.37 bits per heavy atom. The molecule has 0 saturated heterocycles. The van der Waals surface area contributed by atoms with Crippen LogP contribution in [0.4, 0.5) is 0 Å². The molecule has 0 radical (unpaired) electrons. The summed E-state index contributed by atoms with van der Waals surface area (Å²) in [5, 5.41) is 5.79. The van der Waals surface area contributed by atoms with Crippen molar-refractivity contribution in [3.63, 3.8) is 0 Å². The maximum atomic E-state index is 12.0. The number of methoxy groups -OCH3 is 2. The van der Waals surface area contributed by atoms with Crippen LogP contribution in [0, 0.1) is 0 Å². The highest BCUT2D eigenvalue weighted by atomic mass is 79.9. The van der Waals surface area contributed by atoms with Gasteiger partial charge in [0.25, 0.3) is 5.91 Å². The molecule has 8 heteroatoms. The number of aliphatic imine (C=N–C) groups is 1. The Labute approximate surface area is 167 Å². The van der Waals surface area contributed by atoms with Crippen LogP contribution < -0.4 is 25.8 Å². The van der Waals surface area contributed by atoms with E-state index in [1.54, 1.807) is 26.4 Å². The first-order valence-electron chi connectivity index (χ1n) is 8.32. The lowest BCUT2D eigenvalue weighted by Gasteiger charge is -2.09. The van der Waals surface area contributed by atoms with Gasteiger partial charge in [-0.2, -0.15) is 0 Å². The Morgan fingerprint density at radius 1 is 1.04 bits per heavy atom. The van der Waals surface area contributed by atoms with Crippen molar-refractivity contribution in [2.45, 2.75) is 6.54 Å². The summed E-state index contributed by atoms with van der Waals surface area (Å²) in [6.07, 6.45) is 0. The summed E-state index contributed by atoms with van der Waals surface area (Å²) in [4.78, 5) is 16.3. The van der Waals surface area contributed by atoms with Crippen molar-refractivity contribution in [1.29, 1.82) is 0 Å². The third-order valence-corrected chi connectivity index (χ3v) is 4.23. The van der Waals surface area contributed by atoms with E-state index in [4.69, 9.17) is 15.2 Å². The molecule has 27 heavy (non-hydrogen) atoms. The molecule has 0 heterocycles. The minimum Gasteiger partial charge on any atom is -0.493 e. The smallest absolute Gasteiger partial charge is 0.251 e. The standard InChI is InChI=1S/C19H23BrN4O3/c1-26-16-8-3-13(11-17(16)27-2)12-24-19(21)23-10-9-22-18(25)14-4-6-15(20)7-5-14/h3-8,11H,9-10,12H2,1-2H3,(H,22,25)(H3,21,23,24). The first-order valence-corrected chi connectivity index (χ1v) is 9.11. The molecular formula is C19H23BrN4O3. The van der Waals surface area contributed by atoms with Crippen LogP contribution in [0.3, 0.4) is 0 Å². The topological polar surface area (TPSA) is 98.0 Å². The maximum absolute atomic E-state index is 12.0. The fourth-order valence-corrected chi connectivity index (χ4v) is 2.55. The number of benzene rings is 2. The van der Waals surface area contributed by atoms with E-state index in [9.17, 15) is 4.79 Å². The minimum atomic E-state index is -0.134.